The Labute approximate surface area is 188 Å². The van der Waals surface area contributed by atoms with E-state index in [0.29, 0.717) is 6.04 Å². The molecule has 2 aromatic carbocycles. The highest BCUT2D eigenvalue weighted by Crippen LogP contribution is 2.32. The van der Waals surface area contributed by atoms with Gasteiger partial charge in [-0.3, -0.25) is 0 Å². The summed E-state index contributed by atoms with van der Waals surface area (Å²) >= 11 is 0. The largest absolute Gasteiger partial charge is 0.497 e. The van der Waals surface area contributed by atoms with E-state index in [9.17, 15) is 5.11 Å². The molecule has 0 radical (unpaired) electrons. The number of benzene rings is 2. The van der Waals surface area contributed by atoms with Gasteiger partial charge in [0.25, 0.3) is 0 Å². The number of hydrogen-bond acceptors (Lipinski definition) is 5. The molecular formula is C26H28N4O2. The van der Waals surface area contributed by atoms with E-state index in [2.05, 4.69) is 23.1 Å². The van der Waals surface area contributed by atoms with Gasteiger partial charge >= 0.3 is 0 Å². The molecular weight excluding hydrogens is 400 g/mol. The third kappa shape index (κ3) is 3.94. The van der Waals surface area contributed by atoms with Gasteiger partial charge in [0, 0.05) is 42.5 Å². The molecule has 0 bridgehead atoms. The van der Waals surface area contributed by atoms with E-state index in [1.54, 1.807) is 7.11 Å². The van der Waals surface area contributed by atoms with E-state index < -0.39 is 0 Å². The van der Waals surface area contributed by atoms with Crippen LogP contribution in [-0.4, -0.2) is 46.0 Å². The molecule has 0 amide bonds. The van der Waals surface area contributed by atoms with Crippen LogP contribution in [0.3, 0.4) is 0 Å². The lowest BCUT2D eigenvalue weighted by Gasteiger charge is -2.37. The molecule has 1 N–H and O–H groups in total. The molecule has 0 saturated carbocycles. The Bertz CT molecular complexity index is 1200. The summed E-state index contributed by atoms with van der Waals surface area (Å²) in [6, 6.07) is 22.7. The first-order chi connectivity index (χ1) is 15.8. The van der Waals surface area contributed by atoms with Gasteiger partial charge in [0.2, 0.25) is 0 Å². The van der Waals surface area contributed by atoms with Crippen molar-refractivity contribution in [1.82, 2.24) is 14.6 Å². The molecule has 3 heterocycles. The maximum atomic E-state index is 9.66. The number of ether oxygens (including phenoxy) is 1. The van der Waals surface area contributed by atoms with E-state index in [0.717, 1.165) is 65.5 Å². The minimum absolute atomic E-state index is 0.190. The number of anilines is 1. The zero-order valence-electron chi connectivity index (χ0n) is 18.3. The Morgan fingerprint density at radius 3 is 2.62 bits per heavy atom. The highest BCUT2D eigenvalue weighted by atomic mass is 16.5. The lowest BCUT2D eigenvalue weighted by Crippen LogP contribution is -2.41. The van der Waals surface area contributed by atoms with Crippen molar-refractivity contribution in [3.05, 3.63) is 66.7 Å². The number of piperidine rings is 1. The maximum absolute atomic E-state index is 9.66. The lowest BCUT2D eigenvalue weighted by molar-refractivity contribution is 0.262. The molecule has 1 aliphatic rings. The van der Waals surface area contributed by atoms with Crippen LogP contribution in [0.5, 0.6) is 5.75 Å². The summed E-state index contributed by atoms with van der Waals surface area (Å²) in [6.07, 6.45) is 4.16. The number of aliphatic hydroxyl groups is 1. The fourth-order valence-corrected chi connectivity index (χ4v) is 4.59. The van der Waals surface area contributed by atoms with Gasteiger partial charge in [0.05, 0.1) is 18.5 Å². The van der Waals surface area contributed by atoms with Gasteiger partial charge < -0.3 is 14.7 Å². The van der Waals surface area contributed by atoms with Crippen molar-refractivity contribution in [1.29, 1.82) is 0 Å². The van der Waals surface area contributed by atoms with Crippen LogP contribution in [0, 0.1) is 0 Å². The highest BCUT2D eigenvalue weighted by Gasteiger charge is 2.26. The molecule has 1 fully saturated rings. The van der Waals surface area contributed by atoms with Crippen molar-refractivity contribution in [3.63, 3.8) is 0 Å². The van der Waals surface area contributed by atoms with Gasteiger partial charge in [-0.25, -0.2) is 4.98 Å². The third-order valence-corrected chi connectivity index (χ3v) is 6.23. The fourth-order valence-electron chi connectivity index (χ4n) is 4.59. The van der Waals surface area contributed by atoms with Gasteiger partial charge in [0.1, 0.15) is 11.6 Å². The van der Waals surface area contributed by atoms with Crippen molar-refractivity contribution < 1.29 is 9.84 Å². The van der Waals surface area contributed by atoms with Crippen LogP contribution < -0.4 is 9.64 Å². The van der Waals surface area contributed by atoms with Gasteiger partial charge in [-0.2, -0.15) is 9.61 Å². The number of rotatable bonds is 6. The van der Waals surface area contributed by atoms with Crippen molar-refractivity contribution in [2.24, 2.45) is 0 Å². The second-order valence-corrected chi connectivity index (χ2v) is 8.25. The summed E-state index contributed by atoms with van der Waals surface area (Å²) in [6.45, 7) is 1.14. The molecule has 0 aliphatic carbocycles. The topological polar surface area (TPSA) is 62.9 Å². The minimum Gasteiger partial charge on any atom is -0.497 e. The van der Waals surface area contributed by atoms with Crippen molar-refractivity contribution in [2.75, 3.05) is 25.2 Å². The van der Waals surface area contributed by atoms with Gasteiger partial charge in [0.15, 0.2) is 5.65 Å². The van der Waals surface area contributed by atoms with Gasteiger partial charge in [-0.05, 0) is 37.8 Å². The molecule has 1 atom stereocenters. The van der Waals surface area contributed by atoms with Gasteiger partial charge in [-0.15, -0.1) is 0 Å². The van der Waals surface area contributed by atoms with Crippen LogP contribution in [0.15, 0.2) is 66.7 Å². The molecule has 1 aliphatic heterocycles. The predicted octanol–water partition coefficient (Wildman–Crippen LogP) is 4.81. The van der Waals surface area contributed by atoms with Crippen LogP contribution in [-0.2, 0) is 0 Å². The number of nitrogens with zero attached hydrogens (tertiary/aromatic N) is 4. The first kappa shape index (κ1) is 20.5. The second kappa shape index (κ2) is 9.01. The Kier molecular flexibility index (Phi) is 5.77. The minimum atomic E-state index is 0.190. The summed E-state index contributed by atoms with van der Waals surface area (Å²) in [5.74, 6) is 1.83. The number of aromatic nitrogens is 3. The first-order valence-corrected chi connectivity index (χ1v) is 11.2. The Hall–Kier alpha value is -3.38. The molecule has 2 aromatic heterocycles. The quantitative estimate of drug-likeness (QED) is 0.477. The molecule has 1 saturated heterocycles. The Balaban J connectivity index is 1.68. The maximum Gasteiger partial charge on any atom is 0.158 e. The molecule has 4 aromatic rings. The molecule has 32 heavy (non-hydrogen) atoms. The van der Waals surface area contributed by atoms with Crippen molar-refractivity contribution in [3.8, 4) is 28.3 Å². The Morgan fingerprint density at radius 2 is 1.81 bits per heavy atom. The number of hydrogen-bond donors (Lipinski definition) is 1. The second-order valence-electron chi connectivity index (χ2n) is 8.25. The number of aliphatic hydroxyl groups excluding tert-OH is 1. The van der Waals surface area contributed by atoms with Crippen LogP contribution in [0.2, 0.25) is 0 Å². The normalized spacial score (nSPS) is 16.4. The molecule has 6 heteroatoms. The van der Waals surface area contributed by atoms with E-state index >= 15 is 0 Å². The zero-order valence-corrected chi connectivity index (χ0v) is 18.3. The summed E-state index contributed by atoms with van der Waals surface area (Å²) < 4.78 is 7.36. The average molecular weight is 429 g/mol. The van der Waals surface area contributed by atoms with Crippen LogP contribution in [0.1, 0.15) is 25.7 Å². The van der Waals surface area contributed by atoms with E-state index in [1.165, 1.54) is 6.42 Å². The Morgan fingerprint density at radius 1 is 0.969 bits per heavy atom. The third-order valence-electron chi connectivity index (χ3n) is 6.23. The summed E-state index contributed by atoms with van der Waals surface area (Å²) in [7, 11) is 1.67. The number of methoxy groups -OCH3 is 1. The van der Waals surface area contributed by atoms with E-state index in [1.807, 2.05) is 53.0 Å². The summed E-state index contributed by atoms with van der Waals surface area (Å²) in [5.41, 5.74) is 4.67. The zero-order chi connectivity index (χ0) is 21.9. The van der Waals surface area contributed by atoms with Crippen LogP contribution in [0.4, 0.5) is 5.82 Å². The first-order valence-electron chi connectivity index (χ1n) is 11.2. The standard InChI is InChI=1S/C26H28N4O2/c1-32-22-12-7-10-20(16-22)24-17-25-27-23(19-8-3-2-4-9-19)18-26(30(25)28-24)29-14-6-5-11-21(29)13-15-31/h2-4,7-10,12,16-18,21,31H,5-6,11,13-15H2,1H3/t21-/m1/s1. The monoisotopic (exact) mass is 428 g/mol. The van der Waals surface area contributed by atoms with Crippen LogP contribution >= 0.6 is 0 Å². The smallest absolute Gasteiger partial charge is 0.158 e. The van der Waals surface area contributed by atoms with E-state index in [-0.39, 0.29) is 6.61 Å². The molecule has 0 unspecified atom stereocenters. The van der Waals surface area contributed by atoms with E-state index in [4.69, 9.17) is 14.8 Å². The highest BCUT2D eigenvalue weighted by molar-refractivity contribution is 5.71. The van der Waals surface area contributed by atoms with Gasteiger partial charge in [-0.1, -0.05) is 42.5 Å². The fraction of sp³-hybridized carbons (Fsp3) is 0.308. The van der Waals surface area contributed by atoms with Crippen molar-refractivity contribution in [2.45, 2.75) is 31.7 Å². The number of fused-ring (bicyclic) bond motifs is 1. The van der Waals surface area contributed by atoms with Crippen LogP contribution in [0.25, 0.3) is 28.2 Å². The molecule has 164 valence electrons. The SMILES string of the molecule is COc1cccc(-c2cc3nc(-c4ccccc4)cc(N4CCCC[C@@H]4CCO)n3n2)c1. The molecule has 6 nitrogen and oxygen atoms in total. The predicted molar refractivity (Wildman–Crippen MR) is 127 cm³/mol. The summed E-state index contributed by atoms with van der Waals surface area (Å²) in [4.78, 5) is 7.36. The van der Waals surface area contributed by atoms with Crippen molar-refractivity contribution >= 4 is 11.5 Å². The molecule has 0 spiro atoms. The average Bonchev–Trinajstić information content (AvgIpc) is 3.29. The lowest BCUT2D eigenvalue weighted by atomic mass is 9.99. The summed E-state index contributed by atoms with van der Waals surface area (Å²) in [5, 5.41) is 14.6. The molecule has 5 rings (SSSR count).